The summed E-state index contributed by atoms with van der Waals surface area (Å²) < 4.78 is 68.9. The number of nitrogens with one attached hydrogen (secondary N) is 2. The Balaban J connectivity index is 0.000000738. The molecule has 3 atom stereocenters. The molecule has 1 amide bonds. The number of ether oxygens (including phenoxy) is 1. The summed E-state index contributed by atoms with van der Waals surface area (Å²) in [6, 6.07) is 17.8. The van der Waals surface area contributed by atoms with Crippen molar-refractivity contribution in [1.29, 1.82) is 0 Å². The monoisotopic (exact) mass is 678 g/mol. The Labute approximate surface area is 264 Å². The first-order valence-electron chi connectivity index (χ1n) is 14.9. The van der Waals surface area contributed by atoms with Crippen LogP contribution in [0.1, 0.15) is 50.7 Å². The SMILES string of the molecule is CC(C)[C@H](NC(=O)[C@@H]1C[C@@H](OC(=O)CCCCn2cc[n+](C)c2)CN1)C(O)(c1ccccc1)c1ccccc1.F[P-](F)(F)(F)(F)F. The van der Waals surface area contributed by atoms with Gasteiger partial charge in [-0.05, 0) is 29.9 Å². The molecule has 3 aromatic rings. The molecule has 8 nitrogen and oxygen atoms in total. The van der Waals surface area contributed by atoms with Gasteiger partial charge in [0.25, 0.3) is 0 Å². The zero-order valence-electron chi connectivity index (χ0n) is 25.8. The van der Waals surface area contributed by atoms with Gasteiger partial charge in [-0.1, -0.05) is 74.5 Å². The van der Waals surface area contributed by atoms with Gasteiger partial charge in [-0.15, -0.1) is 0 Å². The molecule has 0 unspecified atom stereocenters. The summed E-state index contributed by atoms with van der Waals surface area (Å²) in [7, 11) is -8.68. The molecule has 1 saturated heterocycles. The number of aliphatic hydroxyl groups is 1. The Morgan fingerprint density at radius 2 is 1.57 bits per heavy atom. The van der Waals surface area contributed by atoms with Crippen LogP contribution in [0.4, 0.5) is 25.2 Å². The third-order valence-corrected chi connectivity index (χ3v) is 7.42. The van der Waals surface area contributed by atoms with Gasteiger partial charge in [0.2, 0.25) is 12.2 Å². The van der Waals surface area contributed by atoms with Gasteiger partial charge < -0.3 is 20.5 Å². The fraction of sp³-hybridized carbons (Fsp3) is 0.452. The van der Waals surface area contributed by atoms with E-state index in [0.29, 0.717) is 30.5 Å². The van der Waals surface area contributed by atoms with Crippen molar-refractivity contribution in [3.05, 3.63) is 90.5 Å². The summed E-state index contributed by atoms with van der Waals surface area (Å²) in [6.07, 6.45) is 8.06. The average Bonchev–Trinajstić information content (AvgIpc) is 3.61. The Kier molecular flexibility index (Phi) is 11.3. The number of aromatic nitrogens is 2. The molecule has 0 radical (unpaired) electrons. The van der Waals surface area contributed by atoms with Crippen molar-refractivity contribution >= 4 is 19.7 Å². The summed E-state index contributed by atoms with van der Waals surface area (Å²) >= 11 is 0. The van der Waals surface area contributed by atoms with Crippen LogP contribution in [-0.4, -0.2) is 46.3 Å². The molecule has 1 aromatic heterocycles. The molecular formula is C31H41F6N4O4P. The van der Waals surface area contributed by atoms with E-state index in [0.717, 1.165) is 19.4 Å². The van der Waals surface area contributed by atoms with E-state index < -0.39 is 25.5 Å². The molecule has 0 bridgehead atoms. The second kappa shape index (κ2) is 14.1. The molecule has 15 heteroatoms. The molecule has 1 fully saturated rings. The quantitative estimate of drug-likeness (QED) is 0.0696. The molecule has 0 aliphatic carbocycles. The van der Waals surface area contributed by atoms with Gasteiger partial charge in [0, 0.05) is 19.4 Å². The molecule has 0 spiro atoms. The fourth-order valence-electron chi connectivity index (χ4n) is 5.35. The van der Waals surface area contributed by atoms with Gasteiger partial charge in [0.1, 0.15) is 24.1 Å². The fourth-order valence-corrected chi connectivity index (χ4v) is 5.35. The van der Waals surface area contributed by atoms with E-state index >= 15 is 0 Å². The van der Waals surface area contributed by atoms with E-state index in [1.165, 1.54) is 0 Å². The minimum absolute atomic E-state index is 0.0663. The minimum atomic E-state index is -10.7. The molecular weight excluding hydrogens is 637 g/mol. The van der Waals surface area contributed by atoms with Crippen LogP contribution in [0.2, 0.25) is 0 Å². The van der Waals surface area contributed by atoms with Gasteiger partial charge in [-0.2, -0.15) is 0 Å². The number of imidazole rings is 1. The van der Waals surface area contributed by atoms with Crippen LogP contribution in [0.15, 0.2) is 79.4 Å². The van der Waals surface area contributed by atoms with Crippen LogP contribution in [0.25, 0.3) is 0 Å². The van der Waals surface area contributed by atoms with Crippen molar-refractivity contribution in [2.75, 3.05) is 6.54 Å². The number of hydrogen-bond acceptors (Lipinski definition) is 5. The summed E-state index contributed by atoms with van der Waals surface area (Å²) in [4.78, 5) is 25.8. The molecule has 2 aromatic carbocycles. The standard InChI is InChI=1S/C31H40N4O4.F6P/c1-23(2)29(31(38,24-12-6-4-7-13-24)25-14-8-5-9-15-25)33-30(37)27-20-26(21-32-27)39-28(36)16-10-11-17-35-19-18-34(3)22-35;1-7(2,3,4,5)6/h4-9,12-15,18-19,22-23,26-27,29,32,38H,10-11,16-17,20-21H2,1-3H3;/q;-1/p+1/t26-,27+,29+;/m1./s1. The maximum atomic E-state index is 13.4. The number of unbranched alkanes of at least 4 members (excludes halogenated alkanes) is 1. The van der Waals surface area contributed by atoms with Gasteiger partial charge in [-0.3, -0.25) is 9.59 Å². The third-order valence-electron chi connectivity index (χ3n) is 7.42. The first kappa shape index (κ1) is 37.0. The molecule has 46 heavy (non-hydrogen) atoms. The Morgan fingerprint density at radius 1 is 1.02 bits per heavy atom. The van der Waals surface area contributed by atoms with E-state index in [1.807, 2.05) is 105 Å². The van der Waals surface area contributed by atoms with Crippen LogP contribution in [0.3, 0.4) is 0 Å². The number of aryl methyl sites for hydroxylation is 2. The predicted octanol–water partition coefficient (Wildman–Crippen LogP) is 6.22. The molecule has 3 N–H and O–H groups in total. The summed E-state index contributed by atoms with van der Waals surface area (Å²) in [5.74, 6) is -0.510. The van der Waals surface area contributed by atoms with Crippen LogP contribution in [-0.2, 0) is 33.5 Å². The van der Waals surface area contributed by atoms with Crippen LogP contribution >= 0.6 is 7.81 Å². The summed E-state index contributed by atoms with van der Waals surface area (Å²) in [5.41, 5.74) is 0.00795. The second-order valence-corrected chi connectivity index (χ2v) is 13.7. The van der Waals surface area contributed by atoms with Gasteiger partial charge >= 0.3 is 39.0 Å². The first-order valence-corrected chi connectivity index (χ1v) is 16.9. The van der Waals surface area contributed by atoms with E-state index in [4.69, 9.17) is 4.74 Å². The van der Waals surface area contributed by atoms with E-state index in [2.05, 4.69) is 15.2 Å². The van der Waals surface area contributed by atoms with Crippen molar-refractivity contribution in [2.24, 2.45) is 13.0 Å². The first-order chi connectivity index (χ1) is 21.2. The van der Waals surface area contributed by atoms with Crippen molar-refractivity contribution in [3.8, 4) is 0 Å². The van der Waals surface area contributed by atoms with Crippen molar-refractivity contribution < 1.29 is 49.2 Å². The maximum absolute atomic E-state index is 13.4. The number of carbonyl (C=O) groups excluding carboxylic acids is 2. The number of rotatable bonds is 12. The molecule has 0 saturated carbocycles. The number of hydrogen-bond donors (Lipinski definition) is 3. The van der Waals surface area contributed by atoms with E-state index in [9.17, 15) is 39.9 Å². The van der Waals surface area contributed by atoms with Gasteiger partial charge in [0.05, 0.1) is 25.7 Å². The van der Waals surface area contributed by atoms with Crippen LogP contribution in [0, 0.1) is 5.92 Å². The topological polar surface area (TPSA) is 96.5 Å². The molecule has 256 valence electrons. The number of halogens is 6. The second-order valence-electron chi connectivity index (χ2n) is 11.8. The zero-order valence-corrected chi connectivity index (χ0v) is 26.7. The third kappa shape index (κ3) is 12.4. The van der Waals surface area contributed by atoms with Crippen molar-refractivity contribution in [3.63, 3.8) is 0 Å². The van der Waals surface area contributed by atoms with Crippen LogP contribution in [0.5, 0.6) is 0 Å². The van der Waals surface area contributed by atoms with Crippen molar-refractivity contribution in [1.82, 2.24) is 15.2 Å². The normalized spacial score (nSPS) is 18.9. The number of nitrogens with zero attached hydrogens (tertiary/aromatic N) is 2. The van der Waals surface area contributed by atoms with E-state index in [-0.39, 0.29) is 23.9 Å². The number of esters is 1. The van der Waals surface area contributed by atoms with Gasteiger partial charge in [-0.25, -0.2) is 9.13 Å². The molecule has 1 aliphatic rings. The van der Waals surface area contributed by atoms with Crippen LogP contribution < -0.4 is 15.2 Å². The predicted molar refractivity (Wildman–Crippen MR) is 162 cm³/mol. The molecule has 1 aliphatic heterocycles. The van der Waals surface area contributed by atoms with Crippen molar-refractivity contribution in [2.45, 2.75) is 69.9 Å². The molecule has 2 heterocycles. The molecule has 4 rings (SSSR count). The number of carbonyl (C=O) groups is 2. The zero-order chi connectivity index (χ0) is 34.2. The Bertz CT molecular complexity index is 1390. The Morgan fingerprint density at radius 3 is 2.04 bits per heavy atom. The van der Waals surface area contributed by atoms with E-state index in [1.54, 1.807) is 0 Å². The number of amides is 1. The van der Waals surface area contributed by atoms with Gasteiger partial charge in [0.15, 0.2) is 0 Å². The average molecular weight is 679 g/mol. The number of benzene rings is 2. The Hall–Kier alpha value is -3.48. The summed E-state index contributed by atoms with van der Waals surface area (Å²) in [6.45, 7) is 5.27. The summed E-state index contributed by atoms with van der Waals surface area (Å²) in [5, 5.41) is 18.6.